The number of ether oxygens (including phenoxy) is 1. The van der Waals surface area contributed by atoms with Crippen LogP contribution in [-0.2, 0) is 25.7 Å². The first kappa shape index (κ1) is 25.1. The summed E-state index contributed by atoms with van der Waals surface area (Å²) in [7, 11) is 0. The number of carbonyl (C=O) groups excluding carboxylic acids is 3. The second-order valence-electron chi connectivity index (χ2n) is 11.1. The SMILES string of the molecule is Cc1cc(NC(=O)[C@@H]2[C@H]3C(=O)N(Cc4ccc(Cl)cc4)[C@H](C(=O)NC4CCCCC4)[C@@]34C=C[C@]2(C)O4)no1. The molecule has 3 fully saturated rings. The monoisotopic (exact) mass is 538 g/mol. The first-order valence-electron chi connectivity index (χ1n) is 13.2. The molecule has 4 aliphatic rings. The number of hydrogen-bond acceptors (Lipinski definition) is 6. The van der Waals surface area contributed by atoms with Crippen LogP contribution in [-0.4, -0.2) is 51.1 Å². The Balaban J connectivity index is 1.35. The molecule has 200 valence electrons. The van der Waals surface area contributed by atoms with Crippen molar-refractivity contribution in [3.63, 3.8) is 0 Å². The Bertz CT molecular complexity index is 1300. The van der Waals surface area contributed by atoms with Gasteiger partial charge in [0, 0.05) is 23.7 Å². The zero-order valence-electron chi connectivity index (χ0n) is 21.4. The van der Waals surface area contributed by atoms with Gasteiger partial charge in [-0.3, -0.25) is 14.4 Å². The van der Waals surface area contributed by atoms with E-state index < -0.39 is 35.0 Å². The Kier molecular flexibility index (Phi) is 6.11. The Morgan fingerprint density at radius 2 is 1.87 bits per heavy atom. The highest BCUT2D eigenvalue weighted by Gasteiger charge is 2.76. The molecule has 2 aromatic rings. The van der Waals surface area contributed by atoms with Crippen molar-refractivity contribution in [1.29, 1.82) is 0 Å². The van der Waals surface area contributed by atoms with E-state index in [1.54, 1.807) is 36.9 Å². The summed E-state index contributed by atoms with van der Waals surface area (Å²) in [6, 6.07) is 7.95. The lowest BCUT2D eigenvalue weighted by Crippen LogP contribution is -2.56. The molecule has 1 aliphatic carbocycles. The van der Waals surface area contributed by atoms with Crippen molar-refractivity contribution in [2.45, 2.75) is 75.8 Å². The molecule has 38 heavy (non-hydrogen) atoms. The molecule has 1 aromatic heterocycles. The Morgan fingerprint density at radius 3 is 2.55 bits per heavy atom. The third-order valence-corrected chi connectivity index (χ3v) is 8.68. The minimum Gasteiger partial charge on any atom is -0.360 e. The standard InChI is InChI=1S/C28H31ClN4O5/c1-16-14-20(32-37-16)31-24(34)21-22-26(36)33(15-17-8-10-18(29)11-9-17)23(28(22)13-12-27(21,2)38-28)25(35)30-19-6-4-3-5-7-19/h8-14,19,21-23H,3-7,15H2,1-2H3,(H,30,35)(H,31,32,34)/t21-,22-,23+,27-,28+/m0/s1. The van der Waals surface area contributed by atoms with E-state index in [9.17, 15) is 14.4 Å². The molecule has 9 nitrogen and oxygen atoms in total. The maximum absolute atomic E-state index is 14.2. The molecule has 3 amide bonds. The van der Waals surface area contributed by atoms with Gasteiger partial charge in [-0.05, 0) is 44.4 Å². The third-order valence-electron chi connectivity index (χ3n) is 8.42. The van der Waals surface area contributed by atoms with E-state index in [1.807, 2.05) is 24.3 Å². The highest BCUT2D eigenvalue weighted by atomic mass is 35.5. The summed E-state index contributed by atoms with van der Waals surface area (Å²) in [5.41, 5.74) is -1.46. The molecule has 1 aromatic carbocycles. The van der Waals surface area contributed by atoms with Crippen molar-refractivity contribution in [3.8, 4) is 0 Å². The Hall–Kier alpha value is -3.17. The fourth-order valence-corrected chi connectivity index (χ4v) is 6.87. The van der Waals surface area contributed by atoms with Crippen LogP contribution in [0.3, 0.4) is 0 Å². The summed E-state index contributed by atoms with van der Waals surface area (Å²) in [4.78, 5) is 43.3. The van der Waals surface area contributed by atoms with Crippen LogP contribution in [0, 0.1) is 18.8 Å². The summed E-state index contributed by atoms with van der Waals surface area (Å²) in [5.74, 6) is -1.82. The number of anilines is 1. The van der Waals surface area contributed by atoms with Gasteiger partial charge in [-0.1, -0.05) is 60.3 Å². The van der Waals surface area contributed by atoms with E-state index in [1.165, 1.54) is 0 Å². The summed E-state index contributed by atoms with van der Waals surface area (Å²) in [5, 5.41) is 10.4. The lowest BCUT2D eigenvalue weighted by molar-refractivity contribution is -0.145. The summed E-state index contributed by atoms with van der Waals surface area (Å²) >= 11 is 6.08. The maximum atomic E-state index is 14.2. The van der Waals surface area contributed by atoms with Crippen LogP contribution in [0.2, 0.25) is 5.02 Å². The second kappa shape index (κ2) is 9.24. The lowest BCUT2D eigenvalue weighted by Gasteiger charge is -2.34. The summed E-state index contributed by atoms with van der Waals surface area (Å²) in [6.07, 6.45) is 8.76. The molecule has 4 heterocycles. The summed E-state index contributed by atoms with van der Waals surface area (Å²) in [6.45, 7) is 3.72. The van der Waals surface area contributed by atoms with E-state index in [0.29, 0.717) is 10.8 Å². The maximum Gasteiger partial charge on any atom is 0.246 e. The van der Waals surface area contributed by atoms with Gasteiger partial charge in [-0.2, -0.15) is 0 Å². The second-order valence-corrected chi connectivity index (χ2v) is 11.5. The normalized spacial score (nSPS) is 32.0. The number of amides is 3. The van der Waals surface area contributed by atoms with E-state index in [0.717, 1.165) is 37.7 Å². The molecule has 5 atom stereocenters. The fraction of sp³-hybridized carbons (Fsp3) is 0.500. The number of halogens is 1. The van der Waals surface area contributed by atoms with E-state index in [4.69, 9.17) is 20.9 Å². The van der Waals surface area contributed by atoms with Gasteiger partial charge in [-0.25, -0.2) is 0 Å². The average molecular weight is 539 g/mol. The molecule has 2 bridgehead atoms. The Labute approximate surface area is 225 Å². The van der Waals surface area contributed by atoms with Crippen molar-refractivity contribution in [1.82, 2.24) is 15.4 Å². The van der Waals surface area contributed by atoms with Gasteiger partial charge < -0.3 is 24.8 Å². The van der Waals surface area contributed by atoms with Gasteiger partial charge >= 0.3 is 0 Å². The topological polar surface area (TPSA) is 114 Å². The van der Waals surface area contributed by atoms with Crippen LogP contribution in [0.5, 0.6) is 0 Å². The van der Waals surface area contributed by atoms with Crippen LogP contribution in [0.1, 0.15) is 50.4 Å². The van der Waals surface area contributed by atoms with Crippen LogP contribution in [0.25, 0.3) is 0 Å². The molecule has 2 N–H and O–H groups in total. The minimum absolute atomic E-state index is 0.0619. The smallest absolute Gasteiger partial charge is 0.246 e. The minimum atomic E-state index is -1.25. The first-order chi connectivity index (χ1) is 18.2. The highest BCUT2D eigenvalue weighted by Crippen LogP contribution is 2.60. The van der Waals surface area contributed by atoms with E-state index in [-0.39, 0.29) is 30.2 Å². The zero-order chi connectivity index (χ0) is 26.7. The molecule has 0 radical (unpaired) electrons. The largest absolute Gasteiger partial charge is 0.360 e. The van der Waals surface area contributed by atoms with Crippen LogP contribution in [0.4, 0.5) is 5.82 Å². The van der Waals surface area contributed by atoms with Gasteiger partial charge in [0.2, 0.25) is 17.7 Å². The predicted octanol–water partition coefficient (Wildman–Crippen LogP) is 3.76. The third kappa shape index (κ3) is 4.03. The van der Waals surface area contributed by atoms with Crippen molar-refractivity contribution >= 4 is 35.1 Å². The average Bonchev–Trinajstić information content (AvgIpc) is 3.58. The summed E-state index contributed by atoms with van der Waals surface area (Å²) < 4.78 is 11.7. The molecule has 2 saturated heterocycles. The number of aromatic nitrogens is 1. The lowest BCUT2D eigenvalue weighted by atomic mass is 9.70. The number of hydrogen-bond donors (Lipinski definition) is 2. The Morgan fingerprint density at radius 1 is 1.13 bits per heavy atom. The predicted molar refractivity (Wildman–Crippen MR) is 139 cm³/mol. The molecule has 6 rings (SSSR count). The molecular weight excluding hydrogens is 508 g/mol. The quantitative estimate of drug-likeness (QED) is 0.541. The number of likely N-dealkylation sites (tertiary alicyclic amines) is 1. The number of rotatable bonds is 6. The molecular formula is C28H31ClN4O5. The number of benzene rings is 1. The number of aryl methyl sites for hydroxylation is 1. The number of carbonyl (C=O) groups is 3. The number of nitrogens with zero attached hydrogens (tertiary/aromatic N) is 2. The molecule has 1 spiro atoms. The van der Waals surface area contributed by atoms with Crippen molar-refractivity contribution < 1.29 is 23.6 Å². The van der Waals surface area contributed by atoms with Gasteiger partial charge in [0.05, 0.1) is 17.4 Å². The molecule has 3 aliphatic heterocycles. The number of fused-ring (bicyclic) bond motifs is 1. The van der Waals surface area contributed by atoms with Crippen LogP contribution in [0.15, 0.2) is 47.0 Å². The molecule has 10 heteroatoms. The van der Waals surface area contributed by atoms with Gasteiger partial charge in [0.1, 0.15) is 17.4 Å². The molecule has 0 unspecified atom stereocenters. The zero-order valence-corrected chi connectivity index (χ0v) is 22.2. The van der Waals surface area contributed by atoms with Crippen molar-refractivity contribution in [2.24, 2.45) is 11.8 Å². The highest BCUT2D eigenvalue weighted by molar-refractivity contribution is 6.30. The van der Waals surface area contributed by atoms with E-state index >= 15 is 0 Å². The van der Waals surface area contributed by atoms with Gasteiger partial charge in [0.15, 0.2) is 5.82 Å². The number of nitrogens with one attached hydrogen (secondary N) is 2. The van der Waals surface area contributed by atoms with Crippen LogP contribution >= 0.6 is 11.6 Å². The van der Waals surface area contributed by atoms with Gasteiger partial charge in [0.25, 0.3) is 0 Å². The van der Waals surface area contributed by atoms with Crippen LogP contribution < -0.4 is 10.6 Å². The van der Waals surface area contributed by atoms with Gasteiger partial charge in [-0.15, -0.1) is 0 Å². The fourth-order valence-electron chi connectivity index (χ4n) is 6.74. The first-order valence-corrected chi connectivity index (χ1v) is 13.6. The van der Waals surface area contributed by atoms with Crippen molar-refractivity contribution in [2.75, 3.05) is 5.32 Å². The molecule has 1 saturated carbocycles. The van der Waals surface area contributed by atoms with Crippen molar-refractivity contribution in [3.05, 3.63) is 58.8 Å². The van der Waals surface area contributed by atoms with E-state index in [2.05, 4.69) is 15.8 Å².